The molecular weight excluding hydrogens is 286 g/mol. The van der Waals surface area contributed by atoms with E-state index in [0.29, 0.717) is 19.1 Å². The number of piperazine rings is 1. The number of nitrogens with zero attached hydrogens (tertiary/aromatic N) is 2. The van der Waals surface area contributed by atoms with Crippen LogP contribution < -0.4 is 5.32 Å². The average molecular weight is 320 g/mol. The van der Waals surface area contributed by atoms with E-state index < -0.39 is 10.0 Å². The lowest BCUT2D eigenvalue weighted by Gasteiger charge is -2.36. The summed E-state index contributed by atoms with van der Waals surface area (Å²) in [6, 6.07) is 0.505. The molecule has 0 aromatic rings. The molecule has 0 aromatic heterocycles. The lowest BCUT2D eigenvalue weighted by molar-refractivity contribution is 0.162. The molecule has 1 aliphatic rings. The minimum atomic E-state index is -3.02. The first-order chi connectivity index (χ1) is 9.64. The van der Waals surface area contributed by atoms with Crippen LogP contribution in [0.1, 0.15) is 40.5 Å². The van der Waals surface area contributed by atoms with Crippen LogP contribution in [0.4, 0.5) is 0 Å². The van der Waals surface area contributed by atoms with Crippen molar-refractivity contribution in [3.8, 4) is 0 Å². The Morgan fingerprint density at radius 1 is 1.14 bits per heavy atom. The molecule has 5 nitrogen and oxygen atoms in total. The first-order valence-corrected chi connectivity index (χ1v) is 9.90. The second-order valence-electron chi connectivity index (χ2n) is 7.17. The van der Waals surface area contributed by atoms with E-state index >= 15 is 0 Å². The molecule has 0 radical (unpaired) electrons. The van der Waals surface area contributed by atoms with Crippen LogP contribution in [0.15, 0.2) is 0 Å². The fourth-order valence-corrected chi connectivity index (χ4v) is 3.58. The second kappa shape index (κ2) is 7.90. The normalized spacial score (nSPS) is 20.6. The van der Waals surface area contributed by atoms with Crippen molar-refractivity contribution in [2.45, 2.75) is 46.6 Å². The second-order valence-corrected chi connectivity index (χ2v) is 9.15. The van der Waals surface area contributed by atoms with Gasteiger partial charge in [0.2, 0.25) is 10.0 Å². The molecule has 1 unspecified atom stereocenters. The lowest BCUT2D eigenvalue weighted by atomic mass is 9.84. The topological polar surface area (TPSA) is 52.6 Å². The highest BCUT2D eigenvalue weighted by molar-refractivity contribution is 7.88. The molecule has 0 saturated carbocycles. The summed E-state index contributed by atoms with van der Waals surface area (Å²) in [5.74, 6) is 0. The number of hydrogen-bond donors (Lipinski definition) is 1. The Balaban J connectivity index is 2.41. The Morgan fingerprint density at radius 2 is 1.71 bits per heavy atom. The number of sulfonamides is 1. The predicted octanol–water partition coefficient (Wildman–Crippen LogP) is 1.37. The highest BCUT2D eigenvalue weighted by atomic mass is 32.2. The smallest absolute Gasteiger partial charge is 0.211 e. The third kappa shape index (κ3) is 6.63. The summed E-state index contributed by atoms with van der Waals surface area (Å²) < 4.78 is 24.6. The summed E-state index contributed by atoms with van der Waals surface area (Å²) in [5, 5.41) is 3.65. The van der Waals surface area contributed by atoms with E-state index in [0.717, 1.165) is 39.0 Å². The van der Waals surface area contributed by atoms with Gasteiger partial charge in [-0.1, -0.05) is 27.7 Å². The lowest BCUT2D eigenvalue weighted by Crippen LogP contribution is -2.50. The Morgan fingerprint density at radius 3 is 2.14 bits per heavy atom. The van der Waals surface area contributed by atoms with Gasteiger partial charge in [0.1, 0.15) is 0 Å². The zero-order valence-corrected chi connectivity index (χ0v) is 15.2. The molecule has 1 aliphatic heterocycles. The van der Waals surface area contributed by atoms with E-state index in [4.69, 9.17) is 0 Å². The van der Waals surface area contributed by atoms with Crippen LogP contribution in [0.5, 0.6) is 0 Å². The van der Waals surface area contributed by atoms with Gasteiger partial charge in [-0.2, -0.15) is 4.31 Å². The van der Waals surface area contributed by atoms with Gasteiger partial charge in [-0.15, -0.1) is 0 Å². The average Bonchev–Trinajstić information content (AvgIpc) is 2.36. The van der Waals surface area contributed by atoms with E-state index in [1.165, 1.54) is 6.26 Å². The van der Waals surface area contributed by atoms with Crippen LogP contribution in [-0.4, -0.2) is 69.2 Å². The van der Waals surface area contributed by atoms with Gasteiger partial charge in [0.05, 0.1) is 6.26 Å². The standard InChI is InChI=1S/C15H33N3O2S/c1-6-8-16-14(15(2,3)4)7-9-17-10-12-18(13-11-17)21(5,19)20/h14,16H,6-13H2,1-5H3. The van der Waals surface area contributed by atoms with Crippen molar-refractivity contribution in [3.63, 3.8) is 0 Å². The summed E-state index contributed by atoms with van der Waals surface area (Å²) in [5.41, 5.74) is 0.254. The van der Waals surface area contributed by atoms with E-state index in [1.807, 2.05) is 0 Å². The molecule has 1 atom stereocenters. The SMILES string of the molecule is CCCNC(CCN1CCN(S(C)(=O)=O)CC1)C(C)(C)C. The molecule has 1 N–H and O–H groups in total. The Bertz CT molecular complexity index is 396. The van der Waals surface area contributed by atoms with E-state index in [9.17, 15) is 8.42 Å². The first kappa shape index (κ1) is 18.9. The molecule has 0 aromatic carbocycles. The third-order valence-corrected chi connectivity index (χ3v) is 5.52. The van der Waals surface area contributed by atoms with Crippen LogP contribution in [0, 0.1) is 5.41 Å². The van der Waals surface area contributed by atoms with Gasteiger partial charge >= 0.3 is 0 Å². The molecule has 6 heteroatoms. The van der Waals surface area contributed by atoms with Crippen LogP contribution in [-0.2, 0) is 10.0 Å². The summed E-state index contributed by atoms with van der Waals surface area (Å²) >= 11 is 0. The highest BCUT2D eigenvalue weighted by Gasteiger charge is 2.27. The summed E-state index contributed by atoms with van der Waals surface area (Å²) in [6.07, 6.45) is 3.56. The van der Waals surface area contributed by atoms with Crippen LogP contribution in [0.3, 0.4) is 0 Å². The molecule has 0 bridgehead atoms. The quantitative estimate of drug-likeness (QED) is 0.770. The Kier molecular flexibility index (Phi) is 7.10. The summed E-state index contributed by atoms with van der Waals surface area (Å²) in [7, 11) is -3.02. The van der Waals surface area contributed by atoms with Crippen molar-refractivity contribution in [3.05, 3.63) is 0 Å². The molecule has 1 heterocycles. The Labute approximate surface area is 131 Å². The molecule has 1 fully saturated rings. The van der Waals surface area contributed by atoms with Crippen molar-refractivity contribution in [2.75, 3.05) is 45.5 Å². The van der Waals surface area contributed by atoms with Crippen molar-refractivity contribution in [1.82, 2.24) is 14.5 Å². The van der Waals surface area contributed by atoms with Gasteiger partial charge < -0.3 is 10.2 Å². The van der Waals surface area contributed by atoms with Gasteiger partial charge in [0, 0.05) is 32.2 Å². The van der Waals surface area contributed by atoms with Crippen molar-refractivity contribution in [1.29, 1.82) is 0 Å². The summed E-state index contributed by atoms with van der Waals surface area (Å²) in [6.45, 7) is 14.1. The fourth-order valence-electron chi connectivity index (χ4n) is 2.76. The van der Waals surface area contributed by atoms with Gasteiger partial charge in [0.25, 0.3) is 0 Å². The van der Waals surface area contributed by atoms with Crippen LogP contribution in [0.2, 0.25) is 0 Å². The molecule has 1 saturated heterocycles. The minimum absolute atomic E-state index is 0.254. The maximum atomic E-state index is 11.5. The molecule has 21 heavy (non-hydrogen) atoms. The Hall–Kier alpha value is -0.170. The molecule has 126 valence electrons. The van der Waals surface area contributed by atoms with Crippen molar-refractivity contribution in [2.24, 2.45) is 5.41 Å². The molecule has 0 amide bonds. The first-order valence-electron chi connectivity index (χ1n) is 8.05. The fraction of sp³-hybridized carbons (Fsp3) is 1.00. The van der Waals surface area contributed by atoms with Crippen LogP contribution >= 0.6 is 0 Å². The van der Waals surface area contributed by atoms with Crippen LogP contribution in [0.25, 0.3) is 0 Å². The number of nitrogens with one attached hydrogen (secondary N) is 1. The number of rotatable bonds is 7. The van der Waals surface area contributed by atoms with Crippen molar-refractivity contribution >= 4 is 10.0 Å². The summed E-state index contributed by atoms with van der Waals surface area (Å²) in [4.78, 5) is 2.38. The molecule has 0 aliphatic carbocycles. The van der Waals surface area contributed by atoms with Gasteiger partial charge in [-0.25, -0.2) is 8.42 Å². The number of hydrogen-bond acceptors (Lipinski definition) is 4. The van der Waals surface area contributed by atoms with Gasteiger partial charge in [-0.05, 0) is 31.3 Å². The van der Waals surface area contributed by atoms with E-state index in [2.05, 4.69) is 37.9 Å². The maximum Gasteiger partial charge on any atom is 0.211 e. The maximum absolute atomic E-state index is 11.5. The molecule has 0 spiro atoms. The molecular formula is C15H33N3O2S. The van der Waals surface area contributed by atoms with Gasteiger partial charge in [0.15, 0.2) is 0 Å². The zero-order valence-electron chi connectivity index (χ0n) is 14.4. The van der Waals surface area contributed by atoms with Gasteiger partial charge in [-0.3, -0.25) is 0 Å². The van der Waals surface area contributed by atoms with E-state index in [-0.39, 0.29) is 5.41 Å². The minimum Gasteiger partial charge on any atom is -0.313 e. The highest BCUT2D eigenvalue weighted by Crippen LogP contribution is 2.22. The third-order valence-electron chi connectivity index (χ3n) is 4.22. The van der Waals surface area contributed by atoms with Crippen molar-refractivity contribution < 1.29 is 8.42 Å². The largest absolute Gasteiger partial charge is 0.313 e. The molecule has 1 rings (SSSR count). The zero-order chi connectivity index (χ0) is 16.1. The predicted molar refractivity (Wildman–Crippen MR) is 89.0 cm³/mol. The van der Waals surface area contributed by atoms with E-state index in [1.54, 1.807) is 4.31 Å². The monoisotopic (exact) mass is 319 g/mol.